The fourth-order valence-corrected chi connectivity index (χ4v) is 1.44. The maximum atomic E-state index is 5.76. The molecule has 1 heterocycles. The van der Waals surface area contributed by atoms with Gasteiger partial charge in [-0.15, -0.1) is 12.4 Å². The number of aromatic amines is 1. The van der Waals surface area contributed by atoms with Crippen LogP contribution in [-0.4, -0.2) is 16.2 Å². The molecule has 0 radical (unpaired) electrons. The monoisotopic (exact) mass is 173 g/mol. The summed E-state index contributed by atoms with van der Waals surface area (Å²) in [5.41, 5.74) is 8.34. The first-order chi connectivity index (χ1) is 4.86. The zero-order valence-corrected chi connectivity index (χ0v) is 7.03. The number of rotatable bonds is 0. The number of hydrogen-bond donors (Lipinski definition) is 2. The molecule has 3 nitrogen and oxygen atoms in total. The van der Waals surface area contributed by atoms with Crippen LogP contribution in [0.5, 0.6) is 0 Å². The molecule has 4 heteroatoms. The summed E-state index contributed by atoms with van der Waals surface area (Å²) >= 11 is 0. The molecule has 1 aliphatic carbocycles. The Kier molecular flexibility index (Phi) is 2.52. The normalized spacial score (nSPS) is 22.1. The van der Waals surface area contributed by atoms with Crippen LogP contribution in [0.2, 0.25) is 0 Å². The van der Waals surface area contributed by atoms with Crippen LogP contribution in [0.1, 0.15) is 17.7 Å². The molecule has 0 spiro atoms. The Labute approximate surface area is 71.8 Å². The lowest BCUT2D eigenvalue weighted by Crippen LogP contribution is -2.27. The second-order valence-corrected chi connectivity index (χ2v) is 2.88. The maximum absolute atomic E-state index is 5.76. The van der Waals surface area contributed by atoms with Gasteiger partial charge in [0, 0.05) is 18.2 Å². The average molecular weight is 174 g/mol. The molecule has 2 rings (SSSR count). The number of nitrogens with zero attached hydrogens (tertiary/aromatic N) is 1. The van der Waals surface area contributed by atoms with E-state index in [1.165, 1.54) is 11.3 Å². The van der Waals surface area contributed by atoms with E-state index < -0.39 is 0 Å². The van der Waals surface area contributed by atoms with E-state index in [0.29, 0.717) is 6.04 Å². The summed E-state index contributed by atoms with van der Waals surface area (Å²) in [5, 5.41) is 6.92. The third kappa shape index (κ3) is 1.54. The summed E-state index contributed by atoms with van der Waals surface area (Å²) in [6.07, 6.45) is 5.07. The van der Waals surface area contributed by atoms with Crippen molar-refractivity contribution in [3.8, 4) is 0 Å². The first-order valence-corrected chi connectivity index (χ1v) is 3.63. The van der Waals surface area contributed by atoms with Crippen LogP contribution in [0.3, 0.4) is 0 Å². The van der Waals surface area contributed by atoms with E-state index >= 15 is 0 Å². The van der Waals surface area contributed by atoms with E-state index in [4.69, 9.17) is 5.73 Å². The molecule has 1 aromatic rings. The number of H-pyrrole nitrogens is 1. The summed E-state index contributed by atoms with van der Waals surface area (Å²) in [5.74, 6) is 0. The zero-order chi connectivity index (χ0) is 6.97. The second kappa shape index (κ2) is 3.24. The van der Waals surface area contributed by atoms with Gasteiger partial charge < -0.3 is 5.73 Å². The Morgan fingerprint density at radius 2 is 2.45 bits per heavy atom. The van der Waals surface area contributed by atoms with Gasteiger partial charge in [-0.05, 0) is 18.4 Å². The Bertz CT molecular complexity index is 233. The predicted octanol–water partition coefficient (Wildman–Crippen LogP) is 0.647. The van der Waals surface area contributed by atoms with Crippen LogP contribution in [0.15, 0.2) is 6.20 Å². The molecule has 0 saturated carbocycles. The van der Waals surface area contributed by atoms with Crippen molar-refractivity contribution in [2.24, 2.45) is 5.73 Å². The molecule has 0 amide bonds. The van der Waals surface area contributed by atoms with E-state index in [1.807, 2.05) is 6.20 Å². The molecule has 0 saturated heterocycles. The molecule has 0 aliphatic heterocycles. The Balaban J connectivity index is 0.000000605. The molecule has 1 aromatic heterocycles. The van der Waals surface area contributed by atoms with E-state index in [1.54, 1.807) is 0 Å². The summed E-state index contributed by atoms with van der Waals surface area (Å²) < 4.78 is 0. The molecule has 0 bridgehead atoms. The molecule has 1 unspecified atom stereocenters. The van der Waals surface area contributed by atoms with E-state index in [-0.39, 0.29) is 12.4 Å². The van der Waals surface area contributed by atoms with Crippen LogP contribution in [0, 0.1) is 0 Å². The van der Waals surface area contributed by atoms with Crippen LogP contribution >= 0.6 is 12.4 Å². The molecular weight excluding hydrogens is 162 g/mol. The number of fused-ring (bicyclic) bond motifs is 1. The molecule has 62 valence electrons. The molecular formula is C7H12ClN3. The summed E-state index contributed by atoms with van der Waals surface area (Å²) in [7, 11) is 0. The maximum Gasteiger partial charge on any atom is 0.0522 e. The largest absolute Gasteiger partial charge is 0.327 e. The highest BCUT2D eigenvalue weighted by Crippen LogP contribution is 2.16. The van der Waals surface area contributed by atoms with Gasteiger partial charge in [0.25, 0.3) is 0 Å². The quantitative estimate of drug-likeness (QED) is 0.605. The Hall–Kier alpha value is -0.540. The van der Waals surface area contributed by atoms with Crippen molar-refractivity contribution in [3.05, 3.63) is 17.5 Å². The SMILES string of the molecule is Cl.NC1CCc2cn[nH]c2C1. The van der Waals surface area contributed by atoms with Crippen molar-refractivity contribution < 1.29 is 0 Å². The first-order valence-electron chi connectivity index (χ1n) is 3.63. The summed E-state index contributed by atoms with van der Waals surface area (Å²) in [4.78, 5) is 0. The molecule has 0 fully saturated rings. The minimum Gasteiger partial charge on any atom is -0.327 e. The number of halogens is 1. The standard InChI is InChI=1S/C7H11N3.ClH/c8-6-2-1-5-4-9-10-7(5)3-6;/h4,6H,1-3,8H2,(H,9,10);1H. The van der Waals surface area contributed by atoms with Crippen LogP contribution in [0.4, 0.5) is 0 Å². The van der Waals surface area contributed by atoms with Crippen molar-refractivity contribution in [2.75, 3.05) is 0 Å². The first kappa shape index (κ1) is 8.56. The van der Waals surface area contributed by atoms with Crippen molar-refractivity contribution in [3.63, 3.8) is 0 Å². The zero-order valence-electron chi connectivity index (χ0n) is 6.21. The lowest BCUT2D eigenvalue weighted by atomic mass is 9.95. The van der Waals surface area contributed by atoms with Gasteiger partial charge in [-0.2, -0.15) is 5.10 Å². The van der Waals surface area contributed by atoms with Crippen LogP contribution in [-0.2, 0) is 12.8 Å². The predicted molar refractivity (Wildman–Crippen MR) is 45.8 cm³/mol. The highest BCUT2D eigenvalue weighted by molar-refractivity contribution is 5.85. The summed E-state index contributed by atoms with van der Waals surface area (Å²) in [6, 6.07) is 0.341. The third-order valence-electron chi connectivity index (χ3n) is 2.06. The van der Waals surface area contributed by atoms with E-state index in [2.05, 4.69) is 10.2 Å². The molecule has 0 aromatic carbocycles. The summed E-state index contributed by atoms with van der Waals surface area (Å²) in [6.45, 7) is 0. The Morgan fingerprint density at radius 1 is 1.64 bits per heavy atom. The lowest BCUT2D eigenvalue weighted by molar-refractivity contribution is 0.569. The van der Waals surface area contributed by atoms with Crippen molar-refractivity contribution in [2.45, 2.75) is 25.3 Å². The van der Waals surface area contributed by atoms with Gasteiger partial charge in [0.15, 0.2) is 0 Å². The fourth-order valence-electron chi connectivity index (χ4n) is 1.44. The highest BCUT2D eigenvalue weighted by atomic mass is 35.5. The number of hydrogen-bond acceptors (Lipinski definition) is 2. The van der Waals surface area contributed by atoms with Gasteiger partial charge in [0.2, 0.25) is 0 Å². The molecule has 3 N–H and O–H groups in total. The topological polar surface area (TPSA) is 54.7 Å². The smallest absolute Gasteiger partial charge is 0.0522 e. The number of nitrogens with two attached hydrogens (primary N) is 1. The minimum atomic E-state index is 0. The van der Waals surface area contributed by atoms with Crippen LogP contribution < -0.4 is 5.73 Å². The van der Waals surface area contributed by atoms with Crippen molar-refractivity contribution in [1.29, 1.82) is 0 Å². The number of aromatic nitrogens is 2. The Morgan fingerprint density at radius 3 is 3.27 bits per heavy atom. The van der Waals surface area contributed by atoms with Gasteiger partial charge in [-0.1, -0.05) is 0 Å². The number of nitrogens with one attached hydrogen (secondary N) is 1. The lowest BCUT2D eigenvalue weighted by Gasteiger charge is -2.16. The van der Waals surface area contributed by atoms with Crippen molar-refractivity contribution in [1.82, 2.24) is 10.2 Å². The fraction of sp³-hybridized carbons (Fsp3) is 0.571. The van der Waals surface area contributed by atoms with Gasteiger partial charge in [0.05, 0.1) is 6.20 Å². The highest BCUT2D eigenvalue weighted by Gasteiger charge is 2.15. The van der Waals surface area contributed by atoms with Gasteiger partial charge in [0.1, 0.15) is 0 Å². The molecule has 1 aliphatic rings. The second-order valence-electron chi connectivity index (χ2n) is 2.88. The van der Waals surface area contributed by atoms with E-state index in [9.17, 15) is 0 Å². The van der Waals surface area contributed by atoms with Gasteiger partial charge in [-0.3, -0.25) is 5.10 Å². The van der Waals surface area contributed by atoms with Crippen LogP contribution in [0.25, 0.3) is 0 Å². The third-order valence-corrected chi connectivity index (χ3v) is 2.06. The minimum absolute atomic E-state index is 0. The number of aryl methyl sites for hydroxylation is 1. The van der Waals surface area contributed by atoms with Gasteiger partial charge in [-0.25, -0.2) is 0 Å². The molecule has 1 atom stereocenters. The average Bonchev–Trinajstić information content (AvgIpc) is 2.33. The molecule has 11 heavy (non-hydrogen) atoms. The van der Waals surface area contributed by atoms with Gasteiger partial charge >= 0.3 is 0 Å². The van der Waals surface area contributed by atoms with Crippen molar-refractivity contribution >= 4 is 12.4 Å². The van der Waals surface area contributed by atoms with E-state index in [0.717, 1.165) is 19.3 Å².